The van der Waals surface area contributed by atoms with Crippen LogP contribution in [0.4, 0.5) is 0 Å². The van der Waals surface area contributed by atoms with Crippen LogP contribution in [0.3, 0.4) is 0 Å². The summed E-state index contributed by atoms with van der Waals surface area (Å²) in [5.41, 5.74) is 1.04. The lowest BCUT2D eigenvalue weighted by molar-refractivity contribution is 0.109. The third kappa shape index (κ3) is 6.28. The highest BCUT2D eigenvalue weighted by Gasteiger charge is 2.13. The van der Waals surface area contributed by atoms with E-state index in [0.29, 0.717) is 26.4 Å². The Balaban J connectivity index is 2.66. The first-order valence-corrected chi connectivity index (χ1v) is 7.05. The first-order chi connectivity index (χ1) is 8.94. The van der Waals surface area contributed by atoms with E-state index in [-0.39, 0.29) is 5.54 Å². The van der Waals surface area contributed by atoms with Crippen molar-refractivity contribution in [1.29, 1.82) is 0 Å². The molecule has 0 radical (unpaired) electrons. The molecular weight excluding hydrogens is 262 g/mol. The summed E-state index contributed by atoms with van der Waals surface area (Å²) in [6.45, 7) is 10.9. The number of benzene rings is 1. The Morgan fingerprint density at radius 3 is 2.58 bits per heavy atom. The Morgan fingerprint density at radius 2 is 1.95 bits per heavy atom. The van der Waals surface area contributed by atoms with Gasteiger partial charge in [0, 0.05) is 29.3 Å². The number of rotatable bonds is 7. The number of hydrogen-bond acceptors (Lipinski definition) is 3. The summed E-state index contributed by atoms with van der Waals surface area (Å²) in [6.07, 6.45) is 0. The third-order valence-electron chi connectivity index (χ3n) is 2.56. The largest absolute Gasteiger partial charge is 0.491 e. The molecule has 1 rings (SSSR count). The molecule has 0 saturated carbocycles. The highest BCUT2D eigenvalue weighted by atomic mass is 35.5. The average Bonchev–Trinajstić information content (AvgIpc) is 2.32. The monoisotopic (exact) mass is 285 g/mol. The lowest BCUT2D eigenvalue weighted by atomic mass is 10.1. The van der Waals surface area contributed by atoms with Gasteiger partial charge < -0.3 is 14.8 Å². The number of ether oxygens (including phenoxy) is 2. The molecule has 0 aliphatic rings. The fourth-order valence-corrected chi connectivity index (χ4v) is 1.79. The Morgan fingerprint density at radius 1 is 1.21 bits per heavy atom. The standard InChI is InChI=1S/C15H24ClNO2/c1-5-18-9-10-19-14-8-6-7-13(16)12(14)11-17-15(2,3)4/h6-8,17H,5,9-11H2,1-4H3. The second kappa shape index (κ2) is 7.73. The van der Waals surface area contributed by atoms with Crippen LogP contribution in [0.5, 0.6) is 5.75 Å². The van der Waals surface area contributed by atoms with Gasteiger partial charge in [-0.2, -0.15) is 0 Å². The van der Waals surface area contributed by atoms with E-state index in [4.69, 9.17) is 21.1 Å². The fourth-order valence-electron chi connectivity index (χ4n) is 1.55. The second-order valence-electron chi connectivity index (χ2n) is 5.37. The highest BCUT2D eigenvalue weighted by molar-refractivity contribution is 6.31. The van der Waals surface area contributed by atoms with Gasteiger partial charge in [-0.15, -0.1) is 0 Å². The lowest BCUT2D eigenvalue weighted by Gasteiger charge is -2.22. The van der Waals surface area contributed by atoms with Gasteiger partial charge in [0.05, 0.1) is 6.61 Å². The fraction of sp³-hybridized carbons (Fsp3) is 0.600. The minimum Gasteiger partial charge on any atom is -0.491 e. The van der Waals surface area contributed by atoms with Crippen molar-refractivity contribution in [2.24, 2.45) is 0 Å². The maximum absolute atomic E-state index is 6.25. The van der Waals surface area contributed by atoms with Crippen LogP contribution in [0.1, 0.15) is 33.3 Å². The molecule has 0 aromatic heterocycles. The maximum Gasteiger partial charge on any atom is 0.125 e. The third-order valence-corrected chi connectivity index (χ3v) is 2.91. The van der Waals surface area contributed by atoms with Crippen molar-refractivity contribution in [3.05, 3.63) is 28.8 Å². The summed E-state index contributed by atoms with van der Waals surface area (Å²) in [5.74, 6) is 0.823. The SMILES string of the molecule is CCOCCOc1cccc(Cl)c1CNC(C)(C)C. The van der Waals surface area contributed by atoms with Gasteiger partial charge in [-0.25, -0.2) is 0 Å². The molecule has 19 heavy (non-hydrogen) atoms. The van der Waals surface area contributed by atoms with Gasteiger partial charge in [-0.3, -0.25) is 0 Å². The van der Waals surface area contributed by atoms with Gasteiger partial charge >= 0.3 is 0 Å². The van der Waals surface area contributed by atoms with E-state index in [9.17, 15) is 0 Å². The van der Waals surface area contributed by atoms with Crippen LogP contribution < -0.4 is 10.1 Å². The van der Waals surface area contributed by atoms with Crippen molar-refractivity contribution in [1.82, 2.24) is 5.32 Å². The van der Waals surface area contributed by atoms with Crippen molar-refractivity contribution >= 4 is 11.6 Å². The molecule has 0 aliphatic carbocycles. The van der Waals surface area contributed by atoms with Gasteiger partial charge in [0.25, 0.3) is 0 Å². The van der Waals surface area contributed by atoms with Crippen LogP contribution in [-0.4, -0.2) is 25.4 Å². The van der Waals surface area contributed by atoms with Crippen LogP contribution in [0, 0.1) is 0 Å². The topological polar surface area (TPSA) is 30.5 Å². The van der Waals surface area contributed by atoms with Gasteiger partial charge in [-0.1, -0.05) is 17.7 Å². The summed E-state index contributed by atoms with van der Waals surface area (Å²) in [5, 5.41) is 4.15. The number of hydrogen-bond donors (Lipinski definition) is 1. The summed E-state index contributed by atoms with van der Waals surface area (Å²) in [6, 6.07) is 5.73. The maximum atomic E-state index is 6.25. The zero-order valence-electron chi connectivity index (χ0n) is 12.3. The highest BCUT2D eigenvalue weighted by Crippen LogP contribution is 2.26. The van der Waals surface area contributed by atoms with Gasteiger partial charge in [0.2, 0.25) is 0 Å². The van der Waals surface area contributed by atoms with Crippen LogP contribution in [0.2, 0.25) is 5.02 Å². The summed E-state index contributed by atoms with van der Waals surface area (Å²) in [4.78, 5) is 0. The molecule has 0 fully saturated rings. The van der Waals surface area contributed by atoms with Crippen molar-refractivity contribution in [2.75, 3.05) is 19.8 Å². The van der Waals surface area contributed by atoms with Crippen LogP contribution in [0.15, 0.2) is 18.2 Å². The van der Waals surface area contributed by atoms with E-state index >= 15 is 0 Å². The second-order valence-corrected chi connectivity index (χ2v) is 5.77. The molecular formula is C15H24ClNO2. The molecule has 0 unspecified atom stereocenters. The minimum absolute atomic E-state index is 0.0434. The zero-order valence-corrected chi connectivity index (χ0v) is 13.0. The summed E-state index contributed by atoms with van der Waals surface area (Å²) in [7, 11) is 0. The van der Waals surface area contributed by atoms with Crippen molar-refractivity contribution in [3.63, 3.8) is 0 Å². The van der Waals surface area contributed by atoms with Gasteiger partial charge in [0.15, 0.2) is 0 Å². The number of halogens is 1. The average molecular weight is 286 g/mol. The molecule has 0 saturated heterocycles. The first-order valence-electron chi connectivity index (χ1n) is 6.67. The van der Waals surface area contributed by atoms with E-state index in [2.05, 4.69) is 26.1 Å². The van der Waals surface area contributed by atoms with Gasteiger partial charge in [0.1, 0.15) is 12.4 Å². The van der Waals surface area contributed by atoms with E-state index in [1.54, 1.807) is 0 Å². The number of nitrogens with one attached hydrogen (secondary N) is 1. The minimum atomic E-state index is 0.0434. The molecule has 0 heterocycles. The molecule has 0 atom stereocenters. The smallest absolute Gasteiger partial charge is 0.125 e. The predicted molar refractivity (Wildman–Crippen MR) is 80.0 cm³/mol. The van der Waals surface area contributed by atoms with Crippen LogP contribution in [-0.2, 0) is 11.3 Å². The Labute approximate surface area is 121 Å². The molecule has 0 amide bonds. The van der Waals surface area contributed by atoms with E-state index in [1.807, 2.05) is 25.1 Å². The molecule has 1 aromatic carbocycles. The molecule has 1 aromatic rings. The van der Waals surface area contributed by atoms with Crippen LogP contribution >= 0.6 is 11.6 Å². The molecule has 3 nitrogen and oxygen atoms in total. The predicted octanol–water partition coefficient (Wildman–Crippen LogP) is 3.64. The summed E-state index contributed by atoms with van der Waals surface area (Å²) < 4.78 is 11.0. The Kier molecular flexibility index (Phi) is 6.63. The molecule has 108 valence electrons. The Bertz CT molecular complexity index is 388. The molecule has 0 spiro atoms. The normalized spacial score (nSPS) is 11.6. The van der Waals surface area contributed by atoms with Crippen molar-refractivity contribution < 1.29 is 9.47 Å². The molecule has 0 bridgehead atoms. The zero-order chi connectivity index (χ0) is 14.3. The quantitative estimate of drug-likeness (QED) is 0.776. The summed E-state index contributed by atoms with van der Waals surface area (Å²) >= 11 is 6.25. The Hall–Kier alpha value is -0.770. The van der Waals surface area contributed by atoms with E-state index in [0.717, 1.165) is 16.3 Å². The van der Waals surface area contributed by atoms with Gasteiger partial charge in [-0.05, 0) is 39.8 Å². The molecule has 1 N–H and O–H groups in total. The molecule has 4 heteroatoms. The first kappa shape index (κ1) is 16.3. The molecule has 0 aliphatic heterocycles. The van der Waals surface area contributed by atoms with Crippen LogP contribution in [0.25, 0.3) is 0 Å². The van der Waals surface area contributed by atoms with E-state index in [1.165, 1.54) is 0 Å². The van der Waals surface area contributed by atoms with Crippen molar-refractivity contribution in [2.45, 2.75) is 39.8 Å². The van der Waals surface area contributed by atoms with E-state index < -0.39 is 0 Å². The van der Waals surface area contributed by atoms with Crippen molar-refractivity contribution in [3.8, 4) is 5.75 Å². The lowest BCUT2D eigenvalue weighted by Crippen LogP contribution is -2.35.